The second kappa shape index (κ2) is 6.23. The van der Waals surface area contributed by atoms with Crippen molar-refractivity contribution in [2.75, 3.05) is 17.2 Å². The van der Waals surface area contributed by atoms with Crippen molar-refractivity contribution in [1.29, 1.82) is 0 Å². The van der Waals surface area contributed by atoms with E-state index in [0.717, 1.165) is 21.4 Å². The Morgan fingerprint density at radius 1 is 1.29 bits per heavy atom. The predicted octanol–water partition coefficient (Wildman–Crippen LogP) is 4.17. The highest BCUT2D eigenvalue weighted by Gasteiger charge is 2.24. The molecule has 1 heterocycles. The number of carbonyl (C=O) groups is 1. The third-order valence-electron chi connectivity index (χ3n) is 3.58. The van der Waals surface area contributed by atoms with E-state index in [2.05, 4.69) is 39.3 Å². The first-order valence-corrected chi connectivity index (χ1v) is 8.17. The Morgan fingerprint density at radius 2 is 2.10 bits per heavy atom. The van der Waals surface area contributed by atoms with Crippen molar-refractivity contribution in [2.24, 2.45) is 5.92 Å². The molecule has 1 atom stereocenters. The molecule has 2 N–H and O–H groups in total. The summed E-state index contributed by atoms with van der Waals surface area (Å²) in [7, 11) is 0. The molecule has 1 aliphatic heterocycles. The molecule has 0 saturated carbocycles. The van der Waals surface area contributed by atoms with Gasteiger partial charge >= 0.3 is 0 Å². The topological polar surface area (TPSA) is 41.1 Å². The first-order valence-electron chi connectivity index (χ1n) is 6.71. The average molecular weight is 413 g/mol. The highest BCUT2D eigenvalue weighted by atomic mass is 127. The van der Waals surface area contributed by atoms with Crippen LogP contribution in [0.2, 0.25) is 5.02 Å². The summed E-state index contributed by atoms with van der Waals surface area (Å²) >= 11 is 8.11. The lowest BCUT2D eigenvalue weighted by Gasteiger charge is -2.25. The van der Waals surface area contributed by atoms with Crippen LogP contribution in [0.5, 0.6) is 0 Å². The molecule has 21 heavy (non-hydrogen) atoms. The SMILES string of the molecule is O=C(Nc1ccc(Cl)cc1I)C1CNc2ccccc2C1. The predicted molar refractivity (Wildman–Crippen MR) is 94.9 cm³/mol. The molecule has 1 aliphatic rings. The van der Waals surface area contributed by atoms with Crippen molar-refractivity contribution < 1.29 is 4.79 Å². The van der Waals surface area contributed by atoms with Crippen molar-refractivity contribution >= 4 is 51.5 Å². The summed E-state index contributed by atoms with van der Waals surface area (Å²) in [6.07, 6.45) is 0.763. The molecular formula is C16H14ClIN2O. The van der Waals surface area contributed by atoms with E-state index in [-0.39, 0.29) is 11.8 Å². The fourth-order valence-corrected chi connectivity index (χ4v) is 3.46. The van der Waals surface area contributed by atoms with E-state index in [0.29, 0.717) is 11.6 Å². The smallest absolute Gasteiger partial charge is 0.229 e. The minimum Gasteiger partial charge on any atom is -0.384 e. The molecule has 0 radical (unpaired) electrons. The van der Waals surface area contributed by atoms with Crippen molar-refractivity contribution in [3.05, 3.63) is 56.6 Å². The lowest BCUT2D eigenvalue weighted by molar-refractivity contribution is -0.119. The van der Waals surface area contributed by atoms with Gasteiger partial charge in [0.05, 0.1) is 11.6 Å². The number of amides is 1. The van der Waals surface area contributed by atoms with Crippen molar-refractivity contribution in [1.82, 2.24) is 0 Å². The molecule has 2 aromatic carbocycles. The maximum absolute atomic E-state index is 12.4. The van der Waals surface area contributed by atoms with E-state index in [1.54, 1.807) is 6.07 Å². The van der Waals surface area contributed by atoms with Crippen LogP contribution in [0.4, 0.5) is 11.4 Å². The van der Waals surface area contributed by atoms with E-state index in [1.165, 1.54) is 5.56 Å². The van der Waals surface area contributed by atoms with E-state index in [4.69, 9.17) is 11.6 Å². The Hall–Kier alpha value is -1.27. The van der Waals surface area contributed by atoms with Gasteiger partial charge in [0.1, 0.15) is 0 Å². The Balaban J connectivity index is 1.72. The summed E-state index contributed by atoms with van der Waals surface area (Å²) in [6.45, 7) is 0.660. The molecule has 108 valence electrons. The Morgan fingerprint density at radius 3 is 2.90 bits per heavy atom. The summed E-state index contributed by atoms with van der Waals surface area (Å²) < 4.78 is 0.942. The summed E-state index contributed by atoms with van der Waals surface area (Å²) in [4.78, 5) is 12.4. The number of nitrogens with one attached hydrogen (secondary N) is 2. The van der Waals surface area contributed by atoms with Gasteiger partial charge in [0.15, 0.2) is 0 Å². The molecule has 1 unspecified atom stereocenters. The molecule has 0 aromatic heterocycles. The maximum atomic E-state index is 12.4. The normalized spacial score (nSPS) is 16.8. The van der Waals surface area contributed by atoms with Gasteiger partial charge in [-0.15, -0.1) is 0 Å². The molecule has 0 saturated heterocycles. The van der Waals surface area contributed by atoms with Gasteiger partial charge in [-0.3, -0.25) is 4.79 Å². The van der Waals surface area contributed by atoms with Gasteiger partial charge in [0.25, 0.3) is 0 Å². The molecule has 1 amide bonds. The number of benzene rings is 2. The molecule has 3 rings (SSSR count). The number of rotatable bonds is 2. The lowest BCUT2D eigenvalue weighted by Crippen LogP contribution is -2.33. The average Bonchev–Trinajstić information content (AvgIpc) is 2.49. The van der Waals surface area contributed by atoms with Gasteiger partial charge in [-0.1, -0.05) is 29.8 Å². The third-order valence-corrected chi connectivity index (χ3v) is 4.71. The fraction of sp³-hybridized carbons (Fsp3) is 0.188. The van der Waals surface area contributed by atoms with E-state index >= 15 is 0 Å². The first kappa shape index (κ1) is 14.7. The van der Waals surface area contributed by atoms with Crippen LogP contribution in [-0.4, -0.2) is 12.5 Å². The zero-order chi connectivity index (χ0) is 14.8. The maximum Gasteiger partial charge on any atom is 0.229 e. The van der Waals surface area contributed by atoms with Crippen LogP contribution in [-0.2, 0) is 11.2 Å². The summed E-state index contributed by atoms with van der Waals surface area (Å²) in [6, 6.07) is 13.6. The first-order chi connectivity index (χ1) is 10.1. The quantitative estimate of drug-likeness (QED) is 0.727. The zero-order valence-electron chi connectivity index (χ0n) is 11.2. The molecule has 3 nitrogen and oxygen atoms in total. The lowest BCUT2D eigenvalue weighted by atomic mass is 9.93. The highest BCUT2D eigenvalue weighted by molar-refractivity contribution is 14.1. The van der Waals surface area contributed by atoms with Gasteiger partial charge in [-0.05, 0) is 58.8 Å². The number of hydrogen-bond acceptors (Lipinski definition) is 2. The van der Waals surface area contributed by atoms with Crippen LogP contribution in [0, 0.1) is 9.49 Å². The van der Waals surface area contributed by atoms with Crippen LogP contribution in [0.25, 0.3) is 0 Å². The van der Waals surface area contributed by atoms with Crippen LogP contribution < -0.4 is 10.6 Å². The number of anilines is 2. The summed E-state index contributed by atoms with van der Waals surface area (Å²) in [5, 5.41) is 6.98. The highest BCUT2D eigenvalue weighted by Crippen LogP contribution is 2.27. The molecule has 5 heteroatoms. The zero-order valence-corrected chi connectivity index (χ0v) is 14.1. The second-order valence-electron chi connectivity index (χ2n) is 5.05. The van der Waals surface area contributed by atoms with Gasteiger partial charge in [-0.25, -0.2) is 0 Å². The Bertz CT molecular complexity index is 690. The minimum absolute atomic E-state index is 0.0391. The Labute approximate surface area is 142 Å². The molecular weight excluding hydrogens is 399 g/mol. The standard InChI is InChI=1S/C16H14ClIN2O/c17-12-5-6-15(13(18)8-12)20-16(21)11-7-10-3-1-2-4-14(10)19-9-11/h1-6,8,11,19H,7,9H2,(H,20,21). The summed E-state index contributed by atoms with van der Waals surface area (Å²) in [5.74, 6) is -0.0244. The fourth-order valence-electron chi connectivity index (χ4n) is 2.45. The number of fused-ring (bicyclic) bond motifs is 1. The van der Waals surface area contributed by atoms with Crippen molar-refractivity contribution in [3.63, 3.8) is 0 Å². The van der Waals surface area contributed by atoms with Crippen molar-refractivity contribution in [2.45, 2.75) is 6.42 Å². The molecule has 0 fully saturated rings. The van der Waals surface area contributed by atoms with E-state index in [1.807, 2.05) is 30.3 Å². The summed E-state index contributed by atoms with van der Waals surface area (Å²) in [5.41, 5.74) is 3.13. The number of carbonyl (C=O) groups excluding carboxylic acids is 1. The Kier molecular flexibility index (Phi) is 4.35. The number of hydrogen-bond donors (Lipinski definition) is 2. The van der Waals surface area contributed by atoms with Crippen LogP contribution in [0.1, 0.15) is 5.56 Å². The number of para-hydroxylation sites is 1. The monoisotopic (exact) mass is 412 g/mol. The van der Waals surface area contributed by atoms with Gasteiger partial charge in [0.2, 0.25) is 5.91 Å². The van der Waals surface area contributed by atoms with Gasteiger partial charge < -0.3 is 10.6 Å². The largest absolute Gasteiger partial charge is 0.384 e. The van der Waals surface area contributed by atoms with Crippen LogP contribution in [0.15, 0.2) is 42.5 Å². The van der Waals surface area contributed by atoms with Crippen molar-refractivity contribution in [3.8, 4) is 0 Å². The molecule has 0 aliphatic carbocycles. The van der Waals surface area contributed by atoms with Crippen LogP contribution >= 0.6 is 34.2 Å². The second-order valence-corrected chi connectivity index (χ2v) is 6.65. The third kappa shape index (κ3) is 3.32. The van der Waals surface area contributed by atoms with Gasteiger partial charge in [0, 0.05) is 20.8 Å². The molecule has 0 spiro atoms. The van der Waals surface area contributed by atoms with Crippen LogP contribution in [0.3, 0.4) is 0 Å². The molecule has 0 bridgehead atoms. The van der Waals surface area contributed by atoms with E-state index < -0.39 is 0 Å². The van der Waals surface area contributed by atoms with Gasteiger partial charge in [-0.2, -0.15) is 0 Å². The molecule has 2 aromatic rings. The minimum atomic E-state index is -0.0635. The van der Waals surface area contributed by atoms with E-state index in [9.17, 15) is 4.79 Å². The number of halogens is 2.